The summed E-state index contributed by atoms with van der Waals surface area (Å²) in [7, 11) is 0. The van der Waals surface area contributed by atoms with Crippen LogP contribution in [0.1, 0.15) is 69.0 Å². The van der Waals surface area contributed by atoms with Gasteiger partial charge in [-0.2, -0.15) is 0 Å². The molecule has 0 saturated heterocycles. The summed E-state index contributed by atoms with van der Waals surface area (Å²) < 4.78 is 10.7. The lowest BCUT2D eigenvalue weighted by Crippen LogP contribution is -2.38. The maximum Gasteiger partial charge on any atom is 0.341 e. The number of carbonyl (C=O) groups excluding carboxylic acids is 3. The van der Waals surface area contributed by atoms with Gasteiger partial charge in [0.05, 0.1) is 17.7 Å². The third kappa shape index (κ3) is 4.24. The van der Waals surface area contributed by atoms with Crippen LogP contribution in [0.2, 0.25) is 0 Å². The Balaban J connectivity index is 1.59. The van der Waals surface area contributed by atoms with Crippen molar-refractivity contribution < 1.29 is 23.9 Å². The molecule has 4 rings (SSSR count). The first-order valence-electron chi connectivity index (χ1n) is 10.8. The SMILES string of the molecule is CCOC(=O)c1c(NC(=O)[C@H]2Cc3ccc(C)cc3C(=O)O2)sc2c1CC[C@@H](CC)C2. The molecule has 0 bridgehead atoms. The highest BCUT2D eigenvalue weighted by Gasteiger charge is 2.34. The number of amides is 1. The zero-order valence-electron chi connectivity index (χ0n) is 18.1. The van der Waals surface area contributed by atoms with Crippen molar-refractivity contribution >= 4 is 34.2 Å². The smallest absolute Gasteiger partial charge is 0.341 e. The van der Waals surface area contributed by atoms with Gasteiger partial charge < -0.3 is 14.8 Å². The summed E-state index contributed by atoms with van der Waals surface area (Å²) in [4.78, 5) is 39.3. The first-order valence-corrected chi connectivity index (χ1v) is 11.7. The van der Waals surface area contributed by atoms with Crippen LogP contribution in [-0.2, 0) is 33.5 Å². The van der Waals surface area contributed by atoms with Gasteiger partial charge >= 0.3 is 11.9 Å². The average molecular weight is 442 g/mol. The molecule has 2 aromatic rings. The summed E-state index contributed by atoms with van der Waals surface area (Å²) in [6, 6.07) is 5.56. The van der Waals surface area contributed by atoms with Crippen LogP contribution in [0.3, 0.4) is 0 Å². The Morgan fingerprint density at radius 3 is 2.81 bits per heavy atom. The molecule has 7 heteroatoms. The third-order valence-electron chi connectivity index (χ3n) is 6.09. The number of cyclic esters (lactones) is 1. The second-order valence-corrected chi connectivity index (χ2v) is 9.30. The number of anilines is 1. The topological polar surface area (TPSA) is 81.7 Å². The number of rotatable bonds is 5. The minimum atomic E-state index is -0.930. The predicted molar refractivity (Wildman–Crippen MR) is 119 cm³/mol. The second kappa shape index (κ2) is 8.83. The molecular weight excluding hydrogens is 414 g/mol. The van der Waals surface area contributed by atoms with Gasteiger partial charge in [0.15, 0.2) is 6.10 Å². The van der Waals surface area contributed by atoms with Crippen LogP contribution in [0, 0.1) is 12.8 Å². The molecule has 0 spiro atoms. The molecule has 1 aliphatic heterocycles. The largest absolute Gasteiger partial charge is 0.462 e. The summed E-state index contributed by atoms with van der Waals surface area (Å²) >= 11 is 1.44. The van der Waals surface area contributed by atoms with E-state index in [4.69, 9.17) is 9.47 Å². The normalized spacial score (nSPS) is 19.8. The van der Waals surface area contributed by atoms with Gasteiger partial charge in [0.25, 0.3) is 5.91 Å². The van der Waals surface area contributed by atoms with E-state index in [0.29, 0.717) is 28.5 Å². The zero-order chi connectivity index (χ0) is 22.1. The van der Waals surface area contributed by atoms with Crippen molar-refractivity contribution in [3.8, 4) is 0 Å². The first kappa shape index (κ1) is 21.6. The lowest BCUT2D eigenvalue weighted by atomic mass is 9.85. The predicted octanol–water partition coefficient (Wildman–Crippen LogP) is 4.47. The van der Waals surface area contributed by atoms with Crippen molar-refractivity contribution in [3.05, 3.63) is 50.9 Å². The Kier molecular flexibility index (Phi) is 6.14. The lowest BCUT2D eigenvalue weighted by molar-refractivity contribution is -0.125. The summed E-state index contributed by atoms with van der Waals surface area (Å²) in [6.45, 7) is 6.12. The number of aryl methyl sites for hydroxylation is 1. The Hall–Kier alpha value is -2.67. The summed E-state index contributed by atoms with van der Waals surface area (Å²) in [5.41, 5.74) is 3.72. The molecule has 1 aromatic carbocycles. The minimum Gasteiger partial charge on any atom is -0.462 e. The van der Waals surface area contributed by atoms with Crippen LogP contribution in [0.25, 0.3) is 0 Å². The molecule has 1 N–H and O–H groups in total. The molecule has 2 heterocycles. The molecule has 2 atom stereocenters. The van der Waals surface area contributed by atoms with Gasteiger partial charge in [0, 0.05) is 11.3 Å². The number of benzene rings is 1. The van der Waals surface area contributed by atoms with Crippen LogP contribution in [0.4, 0.5) is 5.00 Å². The molecule has 0 saturated carbocycles. The molecule has 0 unspecified atom stereocenters. The quantitative estimate of drug-likeness (QED) is 0.693. The molecule has 1 aliphatic carbocycles. The van der Waals surface area contributed by atoms with E-state index in [1.165, 1.54) is 11.3 Å². The maximum absolute atomic E-state index is 13.0. The van der Waals surface area contributed by atoms with Crippen molar-refractivity contribution in [2.45, 2.75) is 59.0 Å². The molecule has 31 heavy (non-hydrogen) atoms. The van der Waals surface area contributed by atoms with E-state index in [9.17, 15) is 14.4 Å². The molecular formula is C24H27NO5S. The monoisotopic (exact) mass is 441 g/mol. The van der Waals surface area contributed by atoms with Crippen LogP contribution in [0.5, 0.6) is 0 Å². The van der Waals surface area contributed by atoms with Crippen molar-refractivity contribution in [1.82, 2.24) is 0 Å². The van der Waals surface area contributed by atoms with Gasteiger partial charge in [-0.1, -0.05) is 31.0 Å². The van der Waals surface area contributed by atoms with Gasteiger partial charge in [-0.15, -0.1) is 11.3 Å². The lowest BCUT2D eigenvalue weighted by Gasteiger charge is -2.24. The van der Waals surface area contributed by atoms with Gasteiger partial charge in [-0.05, 0) is 56.2 Å². The molecule has 0 fully saturated rings. The third-order valence-corrected chi connectivity index (χ3v) is 7.26. The first-order chi connectivity index (χ1) is 14.9. The van der Waals surface area contributed by atoms with Crippen molar-refractivity contribution in [2.75, 3.05) is 11.9 Å². The fourth-order valence-corrected chi connectivity index (χ4v) is 5.69. The molecule has 2 aliphatic rings. The molecule has 6 nitrogen and oxygen atoms in total. The zero-order valence-corrected chi connectivity index (χ0v) is 18.9. The number of nitrogens with one attached hydrogen (secondary N) is 1. The number of esters is 2. The summed E-state index contributed by atoms with van der Waals surface area (Å²) in [6.07, 6.45) is 3.20. The number of ether oxygens (including phenoxy) is 2. The van der Waals surface area contributed by atoms with Crippen LogP contribution < -0.4 is 5.32 Å². The van der Waals surface area contributed by atoms with Crippen molar-refractivity contribution in [1.29, 1.82) is 0 Å². The van der Waals surface area contributed by atoms with Crippen LogP contribution in [0.15, 0.2) is 18.2 Å². The van der Waals surface area contributed by atoms with Gasteiger partial charge in [-0.3, -0.25) is 4.79 Å². The van der Waals surface area contributed by atoms with E-state index in [0.717, 1.165) is 47.3 Å². The maximum atomic E-state index is 13.0. The fraction of sp³-hybridized carbons (Fsp3) is 0.458. The molecule has 1 amide bonds. The van der Waals surface area contributed by atoms with E-state index in [1.807, 2.05) is 19.1 Å². The fourth-order valence-electron chi connectivity index (χ4n) is 4.34. The van der Waals surface area contributed by atoms with E-state index in [1.54, 1.807) is 13.0 Å². The molecule has 1 aromatic heterocycles. The van der Waals surface area contributed by atoms with E-state index >= 15 is 0 Å². The Morgan fingerprint density at radius 1 is 1.26 bits per heavy atom. The number of carbonyl (C=O) groups is 3. The van der Waals surface area contributed by atoms with Crippen LogP contribution >= 0.6 is 11.3 Å². The average Bonchev–Trinajstić information content (AvgIpc) is 3.11. The highest BCUT2D eigenvalue weighted by atomic mass is 32.1. The van der Waals surface area contributed by atoms with Crippen molar-refractivity contribution in [3.63, 3.8) is 0 Å². The Morgan fingerprint density at radius 2 is 2.06 bits per heavy atom. The Bertz CT molecular complexity index is 1040. The second-order valence-electron chi connectivity index (χ2n) is 8.19. The minimum absolute atomic E-state index is 0.269. The van der Waals surface area contributed by atoms with Gasteiger partial charge in [0.2, 0.25) is 0 Å². The number of hydrogen-bond acceptors (Lipinski definition) is 6. The van der Waals surface area contributed by atoms with Crippen molar-refractivity contribution in [2.24, 2.45) is 5.92 Å². The Labute approximate surface area is 185 Å². The number of thiophene rings is 1. The standard InChI is InChI=1S/C24H27NO5S/c1-4-14-7-9-16-19(11-14)31-22(20(16)24(28)29-5-2)25-21(26)18-12-15-8-6-13(3)10-17(15)23(27)30-18/h6,8,10,14,18H,4-5,7,9,11-12H2,1-3H3,(H,25,26)/t14-,18-/m1/s1. The van der Waals surface area contributed by atoms with Gasteiger partial charge in [-0.25, -0.2) is 9.59 Å². The molecule has 164 valence electrons. The highest BCUT2D eigenvalue weighted by molar-refractivity contribution is 7.17. The van der Waals surface area contributed by atoms with Crippen LogP contribution in [-0.4, -0.2) is 30.6 Å². The van der Waals surface area contributed by atoms with E-state index < -0.39 is 23.9 Å². The van der Waals surface area contributed by atoms with E-state index in [-0.39, 0.29) is 6.61 Å². The highest BCUT2D eigenvalue weighted by Crippen LogP contribution is 2.41. The number of fused-ring (bicyclic) bond motifs is 2. The summed E-state index contributed by atoms with van der Waals surface area (Å²) in [5.74, 6) is -0.738. The van der Waals surface area contributed by atoms with E-state index in [2.05, 4.69) is 12.2 Å². The number of hydrogen-bond donors (Lipinski definition) is 1. The van der Waals surface area contributed by atoms with Gasteiger partial charge in [0.1, 0.15) is 5.00 Å². The summed E-state index contributed by atoms with van der Waals surface area (Å²) in [5, 5.41) is 3.37. The molecule has 0 radical (unpaired) electrons.